The van der Waals surface area contributed by atoms with Gasteiger partial charge in [-0.1, -0.05) is 12.8 Å². The van der Waals surface area contributed by atoms with Gasteiger partial charge in [-0.3, -0.25) is 0 Å². The van der Waals surface area contributed by atoms with Crippen molar-refractivity contribution in [1.82, 2.24) is 0 Å². The van der Waals surface area contributed by atoms with E-state index < -0.39 is 8.60 Å². The van der Waals surface area contributed by atoms with Crippen LogP contribution in [-0.2, 0) is 13.6 Å². The van der Waals surface area contributed by atoms with Crippen LogP contribution in [0, 0.1) is 5.92 Å². The molecule has 0 aromatic heterocycles. The third kappa shape index (κ3) is 1.80. The fraction of sp³-hybridized carbons (Fsp3) is 1.00. The maximum atomic E-state index is 5.66. The van der Waals surface area contributed by atoms with Crippen molar-refractivity contribution in [2.45, 2.75) is 31.8 Å². The molecular formula is C8H15O3P. The van der Waals surface area contributed by atoms with Crippen LogP contribution in [0.2, 0.25) is 0 Å². The van der Waals surface area contributed by atoms with Gasteiger partial charge in [-0.2, -0.15) is 0 Å². The zero-order valence-electron chi connectivity index (χ0n) is 7.36. The van der Waals surface area contributed by atoms with Gasteiger partial charge in [0.25, 0.3) is 0 Å². The fourth-order valence-electron chi connectivity index (χ4n) is 1.90. The van der Waals surface area contributed by atoms with Crippen molar-refractivity contribution in [2.75, 3.05) is 13.7 Å². The summed E-state index contributed by atoms with van der Waals surface area (Å²) in [7, 11) is 0.635. The van der Waals surface area contributed by atoms with Gasteiger partial charge < -0.3 is 13.6 Å². The standard InChI is InChI=1S/C8H15O3P/c1-9-12-10-6-7-4-2-3-5-8(7)11-12/h7-8H,2-6H2,1H3/t7-,8+,12?/m0/s1. The lowest BCUT2D eigenvalue weighted by atomic mass is 9.87. The first-order chi connectivity index (χ1) is 5.90. The Bertz CT molecular complexity index is 153. The van der Waals surface area contributed by atoms with Crippen LogP contribution in [0.4, 0.5) is 0 Å². The van der Waals surface area contributed by atoms with Crippen LogP contribution in [0.25, 0.3) is 0 Å². The number of rotatable bonds is 1. The molecule has 4 heteroatoms. The Hall–Kier alpha value is 0.310. The number of hydrogen-bond donors (Lipinski definition) is 0. The first kappa shape index (κ1) is 8.89. The van der Waals surface area contributed by atoms with Gasteiger partial charge in [0.05, 0.1) is 12.7 Å². The monoisotopic (exact) mass is 190 g/mol. The molecule has 0 spiro atoms. The van der Waals surface area contributed by atoms with Gasteiger partial charge in [-0.25, -0.2) is 0 Å². The summed E-state index contributed by atoms with van der Waals surface area (Å²) in [6, 6.07) is 0. The number of hydrogen-bond acceptors (Lipinski definition) is 3. The van der Waals surface area contributed by atoms with E-state index in [4.69, 9.17) is 13.6 Å². The lowest BCUT2D eigenvalue weighted by Gasteiger charge is -2.37. The molecule has 0 aromatic rings. The lowest BCUT2D eigenvalue weighted by Crippen LogP contribution is -2.33. The van der Waals surface area contributed by atoms with E-state index in [0.29, 0.717) is 12.0 Å². The van der Waals surface area contributed by atoms with Crippen molar-refractivity contribution in [3.8, 4) is 0 Å². The van der Waals surface area contributed by atoms with Gasteiger partial charge in [0, 0.05) is 13.0 Å². The molecule has 1 unspecified atom stereocenters. The average molecular weight is 190 g/mol. The SMILES string of the molecule is COP1OC[C@@H]2CCCC[C@H]2O1. The zero-order valence-corrected chi connectivity index (χ0v) is 8.26. The minimum Gasteiger partial charge on any atom is -0.316 e. The Morgan fingerprint density at radius 2 is 2.17 bits per heavy atom. The van der Waals surface area contributed by atoms with Crippen LogP contribution in [0.3, 0.4) is 0 Å². The van der Waals surface area contributed by atoms with Crippen LogP contribution in [0.1, 0.15) is 25.7 Å². The summed E-state index contributed by atoms with van der Waals surface area (Å²) >= 11 is 0. The number of fused-ring (bicyclic) bond motifs is 1. The molecule has 0 aromatic carbocycles. The quantitative estimate of drug-likeness (QED) is 0.594. The van der Waals surface area contributed by atoms with Crippen LogP contribution < -0.4 is 0 Å². The molecule has 0 bridgehead atoms. The molecule has 1 saturated carbocycles. The minimum absolute atomic E-state index is 0.415. The second-order valence-electron chi connectivity index (χ2n) is 3.39. The average Bonchev–Trinajstić information content (AvgIpc) is 2.17. The van der Waals surface area contributed by atoms with Crippen LogP contribution in [0.15, 0.2) is 0 Å². The summed E-state index contributed by atoms with van der Waals surface area (Å²) < 4.78 is 16.1. The van der Waals surface area contributed by atoms with Crippen molar-refractivity contribution in [3.05, 3.63) is 0 Å². The van der Waals surface area contributed by atoms with E-state index in [-0.39, 0.29) is 0 Å². The van der Waals surface area contributed by atoms with Crippen LogP contribution >= 0.6 is 8.60 Å². The molecule has 1 saturated heterocycles. The highest BCUT2D eigenvalue weighted by molar-refractivity contribution is 7.41. The molecule has 0 amide bonds. The highest BCUT2D eigenvalue weighted by atomic mass is 31.2. The molecule has 12 heavy (non-hydrogen) atoms. The summed E-state index contributed by atoms with van der Waals surface area (Å²) in [6.07, 6.45) is 5.50. The normalized spacial score (nSPS) is 42.2. The van der Waals surface area contributed by atoms with Crippen LogP contribution in [0.5, 0.6) is 0 Å². The van der Waals surface area contributed by atoms with Gasteiger partial charge in [-0.15, -0.1) is 0 Å². The zero-order chi connectivity index (χ0) is 8.39. The maximum Gasteiger partial charge on any atom is 0.332 e. The van der Waals surface area contributed by atoms with E-state index in [9.17, 15) is 0 Å². The second kappa shape index (κ2) is 4.01. The van der Waals surface area contributed by atoms with Gasteiger partial charge >= 0.3 is 8.60 Å². The predicted molar refractivity (Wildman–Crippen MR) is 46.7 cm³/mol. The molecule has 3 atom stereocenters. The molecule has 70 valence electrons. The summed E-state index contributed by atoms with van der Waals surface area (Å²) in [4.78, 5) is 0. The van der Waals surface area contributed by atoms with Crippen molar-refractivity contribution < 1.29 is 13.6 Å². The Morgan fingerprint density at radius 3 is 3.00 bits per heavy atom. The summed E-state index contributed by atoms with van der Waals surface area (Å²) in [6.45, 7) is 0.838. The van der Waals surface area contributed by atoms with Crippen molar-refractivity contribution >= 4 is 8.60 Å². The first-order valence-corrected chi connectivity index (χ1v) is 5.63. The van der Waals surface area contributed by atoms with E-state index >= 15 is 0 Å². The fourth-order valence-corrected chi connectivity index (χ4v) is 2.96. The van der Waals surface area contributed by atoms with E-state index in [2.05, 4.69) is 0 Å². The highest BCUT2D eigenvalue weighted by Gasteiger charge is 2.34. The molecule has 0 radical (unpaired) electrons. The van der Waals surface area contributed by atoms with E-state index in [1.807, 2.05) is 0 Å². The maximum absolute atomic E-state index is 5.66. The van der Waals surface area contributed by atoms with Gasteiger partial charge in [0.15, 0.2) is 0 Å². The van der Waals surface area contributed by atoms with Crippen molar-refractivity contribution in [3.63, 3.8) is 0 Å². The van der Waals surface area contributed by atoms with Crippen LogP contribution in [-0.4, -0.2) is 19.8 Å². The lowest BCUT2D eigenvalue weighted by molar-refractivity contribution is -0.00367. The topological polar surface area (TPSA) is 27.7 Å². The van der Waals surface area contributed by atoms with Gasteiger partial charge in [0.1, 0.15) is 0 Å². The Kier molecular flexibility index (Phi) is 2.97. The van der Waals surface area contributed by atoms with E-state index in [1.54, 1.807) is 7.11 Å². The molecule has 0 N–H and O–H groups in total. The van der Waals surface area contributed by atoms with Crippen molar-refractivity contribution in [2.24, 2.45) is 5.92 Å². The smallest absolute Gasteiger partial charge is 0.316 e. The third-order valence-corrected chi connectivity index (χ3v) is 3.70. The largest absolute Gasteiger partial charge is 0.332 e. The molecule has 2 aliphatic rings. The molecule has 1 heterocycles. The van der Waals surface area contributed by atoms with Gasteiger partial charge in [0.2, 0.25) is 0 Å². The Labute approximate surface area is 74.4 Å². The third-order valence-electron chi connectivity index (χ3n) is 2.60. The van der Waals surface area contributed by atoms with E-state index in [1.165, 1.54) is 25.7 Å². The summed E-state index contributed by atoms with van der Waals surface area (Å²) in [5.41, 5.74) is 0. The summed E-state index contributed by atoms with van der Waals surface area (Å²) in [5, 5.41) is 0. The molecule has 3 nitrogen and oxygen atoms in total. The predicted octanol–water partition coefficient (Wildman–Crippen LogP) is 2.47. The van der Waals surface area contributed by atoms with Crippen molar-refractivity contribution in [1.29, 1.82) is 0 Å². The molecule has 2 fully saturated rings. The van der Waals surface area contributed by atoms with E-state index in [0.717, 1.165) is 6.61 Å². The second-order valence-corrected chi connectivity index (χ2v) is 4.67. The Balaban J connectivity index is 1.90. The summed E-state index contributed by atoms with van der Waals surface area (Å²) in [5.74, 6) is 0.632. The minimum atomic E-state index is -1.01. The molecular weight excluding hydrogens is 175 g/mol. The Morgan fingerprint density at radius 1 is 1.33 bits per heavy atom. The first-order valence-electron chi connectivity index (χ1n) is 4.54. The molecule has 1 aliphatic heterocycles. The molecule has 2 rings (SSSR count). The van der Waals surface area contributed by atoms with Gasteiger partial charge in [-0.05, 0) is 12.8 Å². The molecule has 1 aliphatic carbocycles. The highest BCUT2D eigenvalue weighted by Crippen LogP contribution is 2.48.